The minimum Gasteiger partial charge on any atom is -0.475 e. The summed E-state index contributed by atoms with van der Waals surface area (Å²) < 4.78 is 23.6. The largest absolute Gasteiger partial charge is 0.475 e. The highest BCUT2D eigenvalue weighted by Gasteiger charge is 2.20. The lowest BCUT2D eigenvalue weighted by Gasteiger charge is -2.14. The van der Waals surface area contributed by atoms with E-state index < -0.39 is 22.5 Å². The molecule has 66 valence electrons. The Balaban J connectivity index is 2.74. The fourth-order valence-electron chi connectivity index (χ4n) is 0.667. The van der Waals surface area contributed by atoms with Crippen molar-refractivity contribution in [3.8, 4) is 0 Å². The molecule has 2 N–H and O–H groups in total. The summed E-state index contributed by atoms with van der Waals surface area (Å²) in [4.78, 5) is 10.3. The molecule has 12 heavy (non-hydrogen) atoms. The third-order valence-electron chi connectivity index (χ3n) is 1.17. The average Bonchev–Trinajstić information content (AvgIpc) is 2.04. The smallest absolute Gasteiger partial charge is 0.371 e. The SMILES string of the molecule is O=C(O)C1=CC=CC(S(=O)O)O1. The van der Waals surface area contributed by atoms with E-state index in [2.05, 4.69) is 4.74 Å². The molecule has 5 nitrogen and oxygen atoms in total. The van der Waals surface area contributed by atoms with Crippen LogP contribution in [0.3, 0.4) is 0 Å². The number of aliphatic carboxylic acids is 1. The summed E-state index contributed by atoms with van der Waals surface area (Å²) in [6.07, 6.45) is 3.89. The minimum atomic E-state index is -2.20. The van der Waals surface area contributed by atoms with E-state index in [1.807, 2.05) is 0 Å². The Morgan fingerprint density at radius 1 is 1.67 bits per heavy atom. The molecule has 0 amide bonds. The number of carbonyl (C=O) groups is 1. The van der Waals surface area contributed by atoms with Gasteiger partial charge in [0.05, 0.1) is 0 Å². The Kier molecular flexibility index (Phi) is 2.61. The molecule has 1 aliphatic heterocycles. The van der Waals surface area contributed by atoms with Gasteiger partial charge in [0.15, 0.2) is 11.1 Å². The maximum absolute atomic E-state index is 10.4. The Bertz CT molecular complexity index is 280. The van der Waals surface area contributed by atoms with Crippen LogP contribution in [0.2, 0.25) is 0 Å². The van der Waals surface area contributed by atoms with Gasteiger partial charge in [-0.3, -0.25) is 0 Å². The van der Waals surface area contributed by atoms with Crippen molar-refractivity contribution in [3.63, 3.8) is 0 Å². The summed E-state index contributed by atoms with van der Waals surface area (Å²) in [6.45, 7) is 0. The first-order chi connectivity index (χ1) is 5.61. The van der Waals surface area contributed by atoms with Crippen LogP contribution < -0.4 is 0 Å². The number of ether oxygens (including phenoxy) is 1. The molecule has 2 unspecified atom stereocenters. The first-order valence-corrected chi connectivity index (χ1v) is 4.16. The van der Waals surface area contributed by atoms with Gasteiger partial charge in [0, 0.05) is 0 Å². The molecular formula is C6H6O5S. The lowest BCUT2D eigenvalue weighted by molar-refractivity contribution is -0.136. The Morgan fingerprint density at radius 3 is 2.83 bits per heavy atom. The summed E-state index contributed by atoms with van der Waals surface area (Å²) in [7, 11) is 0. The molecule has 1 heterocycles. The third-order valence-corrected chi connectivity index (χ3v) is 1.82. The van der Waals surface area contributed by atoms with Gasteiger partial charge in [-0.05, 0) is 12.2 Å². The Hall–Kier alpha value is -1.14. The highest BCUT2D eigenvalue weighted by Crippen LogP contribution is 2.12. The van der Waals surface area contributed by atoms with Crippen molar-refractivity contribution in [2.45, 2.75) is 5.44 Å². The molecule has 0 radical (unpaired) electrons. The van der Waals surface area contributed by atoms with Crippen LogP contribution in [0.1, 0.15) is 0 Å². The molecule has 0 aromatic carbocycles. The molecular weight excluding hydrogens is 184 g/mol. The van der Waals surface area contributed by atoms with Crippen LogP contribution in [-0.2, 0) is 20.6 Å². The summed E-state index contributed by atoms with van der Waals surface area (Å²) >= 11 is -2.20. The fourth-order valence-corrected chi connectivity index (χ4v) is 1.08. The first-order valence-electron chi connectivity index (χ1n) is 2.99. The van der Waals surface area contributed by atoms with Crippen LogP contribution in [0.15, 0.2) is 24.0 Å². The number of carboxylic acids is 1. The molecule has 0 bridgehead atoms. The number of carboxylic acid groups (broad SMARTS) is 1. The van der Waals surface area contributed by atoms with Gasteiger partial charge in [0.25, 0.3) is 0 Å². The number of rotatable bonds is 2. The predicted octanol–water partition coefficient (Wildman–Crippen LogP) is 0.0891. The van der Waals surface area contributed by atoms with Crippen LogP contribution in [-0.4, -0.2) is 25.3 Å². The molecule has 1 rings (SSSR count). The van der Waals surface area contributed by atoms with Crippen LogP contribution in [0.5, 0.6) is 0 Å². The zero-order chi connectivity index (χ0) is 9.14. The molecule has 0 aromatic heterocycles. The molecule has 0 aromatic rings. The highest BCUT2D eigenvalue weighted by atomic mass is 32.2. The van der Waals surface area contributed by atoms with E-state index in [4.69, 9.17) is 9.66 Å². The van der Waals surface area contributed by atoms with Crippen molar-refractivity contribution in [1.29, 1.82) is 0 Å². The third kappa shape index (κ3) is 1.93. The summed E-state index contributed by atoms with van der Waals surface area (Å²) in [5.41, 5.74) is -1.08. The molecule has 0 saturated heterocycles. The van der Waals surface area contributed by atoms with Crippen molar-refractivity contribution in [3.05, 3.63) is 24.0 Å². The maximum atomic E-state index is 10.4. The zero-order valence-electron chi connectivity index (χ0n) is 5.84. The Labute approximate surface area is 70.6 Å². The van der Waals surface area contributed by atoms with Crippen LogP contribution in [0.25, 0.3) is 0 Å². The number of allylic oxidation sites excluding steroid dienone is 2. The van der Waals surface area contributed by atoms with Crippen molar-refractivity contribution in [2.24, 2.45) is 0 Å². The van der Waals surface area contributed by atoms with Gasteiger partial charge in [-0.15, -0.1) is 0 Å². The second-order valence-corrected chi connectivity index (χ2v) is 3.00. The predicted molar refractivity (Wildman–Crippen MR) is 40.5 cm³/mol. The van der Waals surface area contributed by atoms with Gasteiger partial charge >= 0.3 is 5.97 Å². The van der Waals surface area contributed by atoms with Crippen molar-refractivity contribution in [2.75, 3.05) is 0 Å². The number of hydrogen-bond donors (Lipinski definition) is 2. The summed E-state index contributed by atoms with van der Waals surface area (Å²) in [5, 5.41) is 8.43. The lowest BCUT2D eigenvalue weighted by Crippen LogP contribution is -2.20. The van der Waals surface area contributed by atoms with Gasteiger partial charge in [-0.1, -0.05) is 6.08 Å². The molecule has 0 spiro atoms. The fraction of sp³-hybridized carbons (Fsp3) is 0.167. The van der Waals surface area contributed by atoms with Gasteiger partial charge in [0.1, 0.15) is 0 Å². The molecule has 6 heteroatoms. The van der Waals surface area contributed by atoms with Crippen LogP contribution >= 0.6 is 0 Å². The van der Waals surface area contributed by atoms with E-state index in [0.29, 0.717) is 0 Å². The monoisotopic (exact) mass is 190 g/mol. The van der Waals surface area contributed by atoms with E-state index in [1.54, 1.807) is 0 Å². The number of hydrogen-bond acceptors (Lipinski definition) is 3. The van der Waals surface area contributed by atoms with E-state index in [1.165, 1.54) is 18.2 Å². The lowest BCUT2D eigenvalue weighted by atomic mass is 10.3. The van der Waals surface area contributed by atoms with Gasteiger partial charge < -0.3 is 14.4 Å². The normalized spacial score (nSPS) is 24.1. The van der Waals surface area contributed by atoms with Gasteiger partial charge in [0.2, 0.25) is 11.2 Å². The van der Waals surface area contributed by atoms with E-state index >= 15 is 0 Å². The van der Waals surface area contributed by atoms with Crippen LogP contribution in [0.4, 0.5) is 0 Å². The minimum absolute atomic E-state index is 0.329. The quantitative estimate of drug-likeness (QED) is 0.603. The Morgan fingerprint density at radius 2 is 2.33 bits per heavy atom. The van der Waals surface area contributed by atoms with Gasteiger partial charge in [-0.2, -0.15) is 0 Å². The summed E-state index contributed by atoms with van der Waals surface area (Å²) in [5.74, 6) is -1.58. The van der Waals surface area contributed by atoms with E-state index in [9.17, 15) is 9.00 Å². The summed E-state index contributed by atoms with van der Waals surface area (Å²) in [6, 6.07) is 0. The van der Waals surface area contributed by atoms with Crippen molar-refractivity contribution < 1.29 is 23.4 Å². The molecule has 2 atom stereocenters. The standard InChI is InChI=1S/C6H6O5S/c7-6(8)4-2-1-3-5(11-4)12(9)10/h1-3,5H,(H,7,8)(H,9,10). The van der Waals surface area contributed by atoms with E-state index in [-0.39, 0.29) is 5.76 Å². The average molecular weight is 190 g/mol. The van der Waals surface area contributed by atoms with E-state index in [0.717, 1.165) is 0 Å². The molecule has 0 saturated carbocycles. The molecule has 0 fully saturated rings. The second kappa shape index (κ2) is 3.51. The van der Waals surface area contributed by atoms with Crippen molar-refractivity contribution in [1.82, 2.24) is 0 Å². The molecule has 0 aliphatic carbocycles. The zero-order valence-corrected chi connectivity index (χ0v) is 6.65. The highest BCUT2D eigenvalue weighted by molar-refractivity contribution is 7.79. The first kappa shape index (κ1) is 8.95. The maximum Gasteiger partial charge on any atom is 0.371 e. The molecule has 1 aliphatic rings. The second-order valence-electron chi connectivity index (χ2n) is 1.98. The van der Waals surface area contributed by atoms with Gasteiger partial charge in [-0.25, -0.2) is 9.00 Å². The van der Waals surface area contributed by atoms with Crippen molar-refractivity contribution >= 4 is 17.0 Å². The van der Waals surface area contributed by atoms with Crippen LogP contribution in [0, 0.1) is 0 Å². The topological polar surface area (TPSA) is 83.8 Å².